The molecular formula is C27H51NO5. The summed E-state index contributed by atoms with van der Waals surface area (Å²) in [4.78, 5) is 24.4. The van der Waals surface area contributed by atoms with Gasteiger partial charge >= 0.3 is 11.9 Å². The van der Waals surface area contributed by atoms with Crippen molar-refractivity contribution in [2.24, 2.45) is 11.7 Å². The second-order valence-electron chi connectivity index (χ2n) is 9.82. The van der Waals surface area contributed by atoms with E-state index in [9.17, 15) is 9.59 Å². The fraction of sp³-hybridized carbons (Fsp3) is 0.926. The van der Waals surface area contributed by atoms with Crippen LogP contribution >= 0.6 is 0 Å². The van der Waals surface area contributed by atoms with E-state index in [1.54, 1.807) is 0 Å². The number of carbonyl (C=O) groups is 2. The first-order chi connectivity index (χ1) is 16.0. The summed E-state index contributed by atoms with van der Waals surface area (Å²) >= 11 is 0. The number of esters is 2. The van der Waals surface area contributed by atoms with E-state index < -0.39 is 12.0 Å². The largest absolute Gasteiger partial charge is 0.461 e. The minimum absolute atomic E-state index is 0.0145. The van der Waals surface area contributed by atoms with Crippen LogP contribution in [0.15, 0.2) is 0 Å². The van der Waals surface area contributed by atoms with Gasteiger partial charge in [0.2, 0.25) is 0 Å². The summed E-state index contributed by atoms with van der Waals surface area (Å²) in [6, 6.07) is -0.712. The van der Waals surface area contributed by atoms with E-state index in [2.05, 4.69) is 13.8 Å². The number of ether oxygens (including phenoxy) is 2. The molecule has 194 valence electrons. The van der Waals surface area contributed by atoms with Crippen molar-refractivity contribution in [1.29, 1.82) is 0 Å². The number of nitrogens with two attached hydrogens (primary N) is 1. The molecule has 0 saturated carbocycles. The van der Waals surface area contributed by atoms with Crippen molar-refractivity contribution in [3.63, 3.8) is 0 Å². The zero-order chi connectivity index (χ0) is 24.3. The molecule has 0 aromatic rings. The third-order valence-electron chi connectivity index (χ3n) is 6.77. The first-order valence-corrected chi connectivity index (χ1v) is 13.8. The van der Waals surface area contributed by atoms with E-state index in [4.69, 9.17) is 20.3 Å². The van der Waals surface area contributed by atoms with Gasteiger partial charge in [-0.2, -0.15) is 0 Å². The molecule has 3 N–H and O–H groups in total. The molecule has 6 nitrogen and oxygen atoms in total. The molecule has 0 aromatic carbocycles. The molecule has 1 aliphatic rings. The number of hydrogen-bond donors (Lipinski definition) is 2. The lowest BCUT2D eigenvalue weighted by Crippen LogP contribution is -2.47. The molecule has 33 heavy (non-hydrogen) atoms. The van der Waals surface area contributed by atoms with Gasteiger partial charge in [0, 0.05) is 13.0 Å². The maximum Gasteiger partial charge on any atom is 0.323 e. The van der Waals surface area contributed by atoms with Crippen molar-refractivity contribution >= 4 is 11.9 Å². The maximum atomic E-state index is 12.5. The summed E-state index contributed by atoms with van der Waals surface area (Å²) in [7, 11) is 0. The minimum Gasteiger partial charge on any atom is -0.461 e. The lowest BCUT2D eigenvalue weighted by molar-refractivity contribution is -0.190. The molecule has 1 heterocycles. The molecule has 1 rings (SSSR count). The van der Waals surface area contributed by atoms with Gasteiger partial charge in [0.1, 0.15) is 18.2 Å². The third kappa shape index (κ3) is 13.4. The van der Waals surface area contributed by atoms with Gasteiger partial charge in [-0.1, -0.05) is 90.9 Å². The standard InChI is InChI=1S/C27H51NO5/c1-3-5-7-9-10-11-12-13-14-17-22(32-27(31)24(28)19-16-20-29)21-25-23(26(30)33-25)18-15-8-6-4-2/h22-25,29H,3-21,28H2,1-2H3/t22-,23-,24-,25-/m0/s1. The van der Waals surface area contributed by atoms with Crippen LogP contribution in [0.25, 0.3) is 0 Å². The van der Waals surface area contributed by atoms with E-state index in [1.807, 2.05) is 0 Å². The first kappa shape index (κ1) is 29.9. The monoisotopic (exact) mass is 469 g/mol. The molecule has 1 aliphatic heterocycles. The van der Waals surface area contributed by atoms with Gasteiger partial charge in [-0.05, 0) is 32.1 Å². The van der Waals surface area contributed by atoms with E-state index in [0.717, 1.165) is 38.5 Å². The highest BCUT2D eigenvalue weighted by molar-refractivity contribution is 5.78. The zero-order valence-corrected chi connectivity index (χ0v) is 21.4. The number of cyclic esters (lactones) is 1. The third-order valence-corrected chi connectivity index (χ3v) is 6.77. The number of aliphatic hydroxyl groups excluding tert-OH is 1. The van der Waals surface area contributed by atoms with Crippen LogP contribution in [0.2, 0.25) is 0 Å². The summed E-state index contributed by atoms with van der Waals surface area (Å²) in [6.07, 6.45) is 18.4. The van der Waals surface area contributed by atoms with Crippen molar-refractivity contribution in [1.82, 2.24) is 0 Å². The number of rotatable bonds is 22. The summed E-state index contributed by atoms with van der Waals surface area (Å²) in [5.41, 5.74) is 5.95. The normalized spacial score (nSPS) is 19.6. The molecule has 0 bridgehead atoms. The van der Waals surface area contributed by atoms with E-state index in [-0.39, 0.29) is 30.7 Å². The lowest BCUT2D eigenvalue weighted by Gasteiger charge is -2.37. The van der Waals surface area contributed by atoms with Crippen LogP contribution < -0.4 is 5.73 Å². The highest BCUT2D eigenvalue weighted by Gasteiger charge is 2.43. The molecule has 4 atom stereocenters. The highest BCUT2D eigenvalue weighted by Crippen LogP contribution is 2.32. The average Bonchev–Trinajstić information content (AvgIpc) is 2.80. The number of carbonyl (C=O) groups excluding carboxylic acids is 2. The number of hydrogen-bond acceptors (Lipinski definition) is 6. The van der Waals surface area contributed by atoms with E-state index in [0.29, 0.717) is 19.3 Å². The molecule has 0 unspecified atom stereocenters. The number of aliphatic hydroxyl groups is 1. The Morgan fingerprint density at radius 2 is 1.48 bits per heavy atom. The predicted molar refractivity (Wildman–Crippen MR) is 133 cm³/mol. The average molecular weight is 470 g/mol. The van der Waals surface area contributed by atoms with Crippen LogP contribution in [0.3, 0.4) is 0 Å². The van der Waals surface area contributed by atoms with E-state index >= 15 is 0 Å². The van der Waals surface area contributed by atoms with Crippen molar-refractivity contribution in [2.45, 2.75) is 148 Å². The Labute approximate surface area is 202 Å². The van der Waals surface area contributed by atoms with Gasteiger partial charge in [-0.15, -0.1) is 0 Å². The summed E-state index contributed by atoms with van der Waals surface area (Å²) in [5.74, 6) is -0.576. The van der Waals surface area contributed by atoms with Gasteiger partial charge in [0.15, 0.2) is 0 Å². The molecule has 6 heteroatoms. The Balaban J connectivity index is 2.45. The lowest BCUT2D eigenvalue weighted by atomic mass is 9.86. The minimum atomic E-state index is -0.712. The van der Waals surface area contributed by atoms with Gasteiger partial charge in [-0.3, -0.25) is 9.59 Å². The Hall–Kier alpha value is -1.14. The second-order valence-corrected chi connectivity index (χ2v) is 9.82. The fourth-order valence-electron chi connectivity index (χ4n) is 4.55. The van der Waals surface area contributed by atoms with Gasteiger partial charge < -0.3 is 20.3 Å². The smallest absolute Gasteiger partial charge is 0.323 e. The highest BCUT2D eigenvalue weighted by atomic mass is 16.6. The van der Waals surface area contributed by atoms with Gasteiger partial charge in [-0.25, -0.2) is 0 Å². The molecule has 1 fully saturated rings. The van der Waals surface area contributed by atoms with Crippen molar-refractivity contribution in [3.05, 3.63) is 0 Å². The Kier molecular flexibility index (Phi) is 17.4. The molecule has 0 radical (unpaired) electrons. The van der Waals surface area contributed by atoms with Crippen LogP contribution in [0.4, 0.5) is 0 Å². The fourth-order valence-corrected chi connectivity index (χ4v) is 4.55. The van der Waals surface area contributed by atoms with Crippen LogP contribution in [0.5, 0.6) is 0 Å². The molecule has 0 aliphatic carbocycles. The molecule has 1 saturated heterocycles. The first-order valence-electron chi connectivity index (χ1n) is 13.8. The Morgan fingerprint density at radius 1 is 0.909 bits per heavy atom. The second kappa shape index (κ2) is 19.2. The number of unbranched alkanes of at least 4 members (excludes halogenated alkanes) is 11. The summed E-state index contributed by atoms with van der Waals surface area (Å²) in [6.45, 7) is 4.43. The summed E-state index contributed by atoms with van der Waals surface area (Å²) in [5, 5.41) is 8.99. The van der Waals surface area contributed by atoms with Crippen LogP contribution in [-0.2, 0) is 19.1 Å². The van der Waals surface area contributed by atoms with Crippen LogP contribution in [-0.4, -0.2) is 41.9 Å². The van der Waals surface area contributed by atoms with E-state index in [1.165, 1.54) is 57.8 Å². The maximum absolute atomic E-state index is 12.5. The topological polar surface area (TPSA) is 98.9 Å². The van der Waals surface area contributed by atoms with Crippen molar-refractivity contribution < 1.29 is 24.2 Å². The molecule has 0 aromatic heterocycles. The van der Waals surface area contributed by atoms with Crippen LogP contribution in [0, 0.1) is 5.92 Å². The van der Waals surface area contributed by atoms with Gasteiger partial charge in [0.05, 0.1) is 5.92 Å². The van der Waals surface area contributed by atoms with Crippen molar-refractivity contribution in [3.8, 4) is 0 Å². The van der Waals surface area contributed by atoms with Crippen molar-refractivity contribution in [2.75, 3.05) is 6.61 Å². The molecular weight excluding hydrogens is 418 g/mol. The predicted octanol–water partition coefficient (Wildman–Crippen LogP) is 5.82. The quantitative estimate of drug-likeness (QED) is 0.153. The Morgan fingerprint density at radius 3 is 2.06 bits per heavy atom. The Bertz CT molecular complexity index is 513. The SMILES string of the molecule is CCCCCCCCCCC[C@@H](C[C@@H]1OC(=O)[C@H]1CCCCCC)OC(=O)[C@@H](N)CCCO. The summed E-state index contributed by atoms with van der Waals surface area (Å²) < 4.78 is 11.2. The molecule has 0 amide bonds. The van der Waals surface area contributed by atoms with Crippen LogP contribution in [0.1, 0.15) is 129 Å². The molecule has 0 spiro atoms. The zero-order valence-electron chi connectivity index (χ0n) is 21.4. The van der Waals surface area contributed by atoms with Gasteiger partial charge in [0.25, 0.3) is 0 Å².